The van der Waals surface area contributed by atoms with Crippen LogP contribution in [0.1, 0.15) is 36.0 Å². The van der Waals surface area contributed by atoms with E-state index in [0.717, 1.165) is 12.8 Å². The average molecular weight is 232 g/mol. The summed E-state index contributed by atoms with van der Waals surface area (Å²) in [5.41, 5.74) is 0.556. The van der Waals surface area contributed by atoms with Crippen molar-refractivity contribution in [1.29, 1.82) is 0 Å². The summed E-state index contributed by atoms with van der Waals surface area (Å²) in [5.74, 6) is 0.310. The van der Waals surface area contributed by atoms with Crippen molar-refractivity contribution in [1.82, 2.24) is 0 Å². The first-order chi connectivity index (χ1) is 8.27. The molecule has 0 radical (unpaired) electrons. The Morgan fingerprint density at radius 2 is 1.88 bits per heavy atom. The van der Waals surface area contributed by atoms with Crippen molar-refractivity contribution in [3.63, 3.8) is 0 Å². The van der Waals surface area contributed by atoms with Crippen molar-refractivity contribution < 1.29 is 14.3 Å². The Morgan fingerprint density at radius 1 is 1.18 bits per heavy atom. The summed E-state index contributed by atoms with van der Waals surface area (Å²) in [6.07, 6.45) is 3.26. The second-order valence-corrected chi connectivity index (χ2v) is 4.35. The number of carbonyl (C=O) groups excluding carboxylic acids is 2. The molecule has 0 aromatic heterocycles. The molecule has 0 spiro atoms. The minimum absolute atomic E-state index is 0.305. The molecule has 2 rings (SSSR count). The van der Waals surface area contributed by atoms with Gasteiger partial charge in [0.1, 0.15) is 5.78 Å². The summed E-state index contributed by atoms with van der Waals surface area (Å²) in [6.45, 7) is 0.326. The summed E-state index contributed by atoms with van der Waals surface area (Å²) in [5, 5.41) is 0. The van der Waals surface area contributed by atoms with Gasteiger partial charge in [-0.2, -0.15) is 0 Å². The zero-order valence-electron chi connectivity index (χ0n) is 9.72. The van der Waals surface area contributed by atoms with Crippen molar-refractivity contribution in [3.05, 3.63) is 35.9 Å². The van der Waals surface area contributed by atoms with Gasteiger partial charge in [0.25, 0.3) is 0 Å². The molecule has 0 amide bonds. The number of carbonyl (C=O) groups is 2. The zero-order chi connectivity index (χ0) is 12.1. The van der Waals surface area contributed by atoms with Crippen LogP contribution in [0.4, 0.5) is 0 Å². The lowest BCUT2D eigenvalue weighted by Gasteiger charge is -2.04. The second-order valence-electron chi connectivity index (χ2n) is 4.35. The van der Waals surface area contributed by atoms with Gasteiger partial charge in [-0.15, -0.1) is 0 Å². The van der Waals surface area contributed by atoms with Crippen LogP contribution in [-0.4, -0.2) is 18.4 Å². The molecule has 17 heavy (non-hydrogen) atoms. The van der Waals surface area contributed by atoms with Crippen LogP contribution in [0.25, 0.3) is 0 Å². The maximum absolute atomic E-state index is 11.5. The van der Waals surface area contributed by atoms with E-state index in [1.165, 1.54) is 0 Å². The first-order valence-corrected chi connectivity index (χ1v) is 6.02. The van der Waals surface area contributed by atoms with Gasteiger partial charge in [-0.1, -0.05) is 18.2 Å². The highest BCUT2D eigenvalue weighted by atomic mass is 16.5. The Kier molecular flexibility index (Phi) is 3.91. The van der Waals surface area contributed by atoms with Gasteiger partial charge < -0.3 is 4.74 Å². The van der Waals surface area contributed by atoms with E-state index in [1.807, 2.05) is 6.07 Å². The second kappa shape index (κ2) is 5.62. The van der Waals surface area contributed by atoms with Crippen molar-refractivity contribution >= 4 is 11.8 Å². The molecule has 1 saturated carbocycles. The molecule has 3 heteroatoms. The molecular formula is C14H16O3. The van der Waals surface area contributed by atoms with Gasteiger partial charge in [0, 0.05) is 12.3 Å². The molecule has 1 aliphatic carbocycles. The molecule has 0 aliphatic heterocycles. The fourth-order valence-corrected chi connectivity index (χ4v) is 1.68. The lowest BCUT2D eigenvalue weighted by molar-refractivity contribution is -0.120. The van der Waals surface area contributed by atoms with E-state index in [0.29, 0.717) is 36.7 Å². The number of hydrogen-bond donors (Lipinski definition) is 0. The quantitative estimate of drug-likeness (QED) is 0.559. The monoisotopic (exact) mass is 232 g/mol. The number of hydrogen-bond acceptors (Lipinski definition) is 3. The standard InChI is InChI=1S/C14H16O3/c15-13(11-8-9-11)7-4-10-17-14(16)12-5-2-1-3-6-12/h1-3,5-6,11H,4,7-10H2. The first-order valence-electron chi connectivity index (χ1n) is 6.02. The highest BCUT2D eigenvalue weighted by molar-refractivity contribution is 5.89. The Bertz CT molecular complexity index is 393. The van der Waals surface area contributed by atoms with Crippen molar-refractivity contribution in [2.45, 2.75) is 25.7 Å². The third kappa shape index (κ3) is 3.70. The van der Waals surface area contributed by atoms with Gasteiger partial charge in [-0.05, 0) is 31.4 Å². The van der Waals surface area contributed by atoms with Crippen LogP contribution < -0.4 is 0 Å². The van der Waals surface area contributed by atoms with Crippen LogP contribution in [0.3, 0.4) is 0 Å². The van der Waals surface area contributed by atoms with Crippen molar-refractivity contribution in [2.24, 2.45) is 5.92 Å². The molecule has 0 bridgehead atoms. The number of rotatable bonds is 6. The number of benzene rings is 1. The van der Waals surface area contributed by atoms with Gasteiger partial charge in [0.15, 0.2) is 0 Å². The minimum atomic E-state index is -0.315. The van der Waals surface area contributed by atoms with Crippen LogP contribution in [0.5, 0.6) is 0 Å². The van der Waals surface area contributed by atoms with Crippen molar-refractivity contribution in [2.75, 3.05) is 6.61 Å². The third-order valence-electron chi connectivity index (χ3n) is 2.84. The molecule has 0 atom stereocenters. The zero-order valence-corrected chi connectivity index (χ0v) is 9.72. The average Bonchev–Trinajstić information content (AvgIpc) is 3.19. The van der Waals surface area contributed by atoms with E-state index in [2.05, 4.69) is 0 Å². The van der Waals surface area contributed by atoms with Crippen LogP contribution >= 0.6 is 0 Å². The molecule has 90 valence electrons. The van der Waals surface area contributed by atoms with E-state index < -0.39 is 0 Å². The third-order valence-corrected chi connectivity index (χ3v) is 2.84. The molecule has 1 aliphatic rings. The number of Topliss-reactive ketones (excluding diaryl/α,β-unsaturated/α-hetero) is 1. The smallest absolute Gasteiger partial charge is 0.338 e. The van der Waals surface area contributed by atoms with Crippen molar-refractivity contribution in [3.8, 4) is 0 Å². The Morgan fingerprint density at radius 3 is 2.53 bits per heavy atom. The highest BCUT2D eigenvalue weighted by Gasteiger charge is 2.28. The summed E-state index contributed by atoms with van der Waals surface area (Å²) < 4.78 is 5.09. The Balaban J connectivity index is 1.65. The van der Waals surface area contributed by atoms with Gasteiger partial charge in [-0.25, -0.2) is 4.79 Å². The molecule has 0 unspecified atom stereocenters. The molecule has 1 aromatic carbocycles. The SMILES string of the molecule is O=C(OCCCC(=O)C1CC1)c1ccccc1. The first kappa shape index (κ1) is 11.8. The number of esters is 1. The maximum atomic E-state index is 11.5. The van der Waals surface area contributed by atoms with Gasteiger partial charge in [-0.3, -0.25) is 4.79 Å². The summed E-state index contributed by atoms with van der Waals surface area (Å²) >= 11 is 0. The van der Waals surface area contributed by atoms with E-state index in [9.17, 15) is 9.59 Å². The molecule has 3 nitrogen and oxygen atoms in total. The molecule has 1 fully saturated rings. The predicted octanol–water partition coefficient (Wildman–Crippen LogP) is 2.60. The summed E-state index contributed by atoms with van der Waals surface area (Å²) in [7, 11) is 0. The van der Waals surface area contributed by atoms with Gasteiger partial charge >= 0.3 is 5.97 Å². The van der Waals surface area contributed by atoms with E-state index in [-0.39, 0.29) is 5.97 Å². The van der Waals surface area contributed by atoms with Crippen LogP contribution in [0, 0.1) is 5.92 Å². The fourth-order valence-electron chi connectivity index (χ4n) is 1.68. The van der Waals surface area contributed by atoms with E-state index in [4.69, 9.17) is 4.74 Å². The number of ketones is 1. The Hall–Kier alpha value is -1.64. The van der Waals surface area contributed by atoms with Crippen LogP contribution in [0.15, 0.2) is 30.3 Å². The Labute approximate surface area is 101 Å². The van der Waals surface area contributed by atoms with Crippen LogP contribution in [-0.2, 0) is 9.53 Å². The molecule has 0 N–H and O–H groups in total. The largest absolute Gasteiger partial charge is 0.462 e. The normalized spacial score (nSPS) is 14.4. The minimum Gasteiger partial charge on any atom is -0.462 e. The maximum Gasteiger partial charge on any atom is 0.338 e. The molecular weight excluding hydrogens is 216 g/mol. The van der Waals surface area contributed by atoms with E-state index in [1.54, 1.807) is 24.3 Å². The molecule has 0 heterocycles. The lowest BCUT2D eigenvalue weighted by atomic mass is 10.1. The lowest BCUT2D eigenvalue weighted by Crippen LogP contribution is -2.08. The van der Waals surface area contributed by atoms with Gasteiger partial charge in [0.2, 0.25) is 0 Å². The summed E-state index contributed by atoms with van der Waals surface area (Å²) in [4.78, 5) is 22.9. The predicted molar refractivity (Wildman–Crippen MR) is 63.7 cm³/mol. The molecule has 0 saturated heterocycles. The highest BCUT2D eigenvalue weighted by Crippen LogP contribution is 2.31. The van der Waals surface area contributed by atoms with E-state index >= 15 is 0 Å². The fraction of sp³-hybridized carbons (Fsp3) is 0.429. The topological polar surface area (TPSA) is 43.4 Å². The summed E-state index contributed by atoms with van der Waals surface area (Å²) in [6, 6.07) is 8.89. The van der Waals surface area contributed by atoms with Crippen LogP contribution in [0.2, 0.25) is 0 Å². The number of ether oxygens (including phenoxy) is 1. The van der Waals surface area contributed by atoms with Gasteiger partial charge in [0.05, 0.1) is 12.2 Å². The molecule has 1 aromatic rings.